The second-order valence-corrected chi connectivity index (χ2v) is 7.53. The Hall–Kier alpha value is -1.15. The van der Waals surface area contributed by atoms with E-state index in [1.54, 1.807) is 11.3 Å². The number of aryl methyl sites for hydroxylation is 2. The number of benzene rings is 1. The van der Waals surface area contributed by atoms with E-state index in [0.717, 1.165) is 37.6 Å². The molecule has 25 heavy (non-hydrogen) atoms. The Labute approximate surface area is 172 Å². The van der Waals surface area contributed by atoms with Crippen LogP contribution in [0.1, 0.15) is 36.5 Å². The first-order valence-electron chi connectivity index (χ1n) is 8.42. The number of thiazole rings is 1. The van der Waals surface area contributed by atoms with Crippen LogP contribution in [0.3, 0.4) is 0 Å². The van der Waals surface area contributed by atoms with Gasteiger partial charge < -0.3 is 10.6 Å². The van der Waals surface area contributed by atoms with E-state index in [0.29, 0.717) is 0 Å². The molecule has 2 N–H and O–H groups in total. The third-order valence-electron chi connectivity index (χ3n) is 4.00. The second-order valence-electron chi connectivity index (χ2n) is 6.59. The third-order valence-corrected chi connectivity index (χ3v) is 5.03. The minimum absolute atomic E-state index is 0. The number of hydrogen-bond acceptors (Lipinski definition) is 3. The molecule has 0 radical (unpaired) electrons. The van der Waals surface area contributed by atoms with E-state index in [1.807, 2.05) is 14.0 Å². The molecule has 138 valence electrons. The van der Waals surface area contributed by atoms with E-state index in [1.165, 1.54) is 10.6 Å². The maximum atomic E-state index is 4.49. The van der Waals surface area contributed by atoms with Crippen LogP contribution in [-0.2, 0) is 11.8 Å². The second kappa shape index (κ2) is 10.8. The Morgan fingerprint density at radius 3 is 2.52 bits per heavy atom. The molecule has 0 amide bonds. The highest BCUT2D eigenvalue weighted by molar-refractivity contribution is 14.0. The number of aliphatic imine (C=N–C) groups is 1. The van der Waals surface area contributed by atoms with Crippen molar-refractivity contribution in [1.29, 1.82) is 0 Å². The summed E-state index contributed by atoms with van der Waals surface area (Å²) in [6, 6.07) is 10.6. The Bertz CT molecular complexity index is 652. The Balaban J connectivity index is 0.00000312. The molecule has 0 unspecified atom stereocenters. The topological polar surface area (TPSA) is 49.3 Å². The largest absolute Gasteiger partial charge is 0.356 e. The lowest BCUT2D eigenvalue weighted by Gasteiger charge is -2.26. The van der Waals surface area contributed by atoms with Gasteiger partial charge in [0, 0.05) is 43.0 Å². The van der Waals surface area contributed by atoms with Crippen LogP contribution in [0.4, 0.5) is 0 Å². The SMILES string of the molecule is CN=C(NCCCc1nc(C)cs1)NCC(C)(C)c1ccccc1.I. The summed E-state index contributed by atoms with van der Waals surface area (Å²) < 4.78 is 0. The van der Waals surface area contributed by atoms with E-state index in [2.05, 4.69) is 70.2 Å². The molecular weight excluding hydrogens is 443 g/mol. The average molecular weight is 472 g/mol. The van der Waals surface area contributed by atoms with E-state index in [4.69, 9.17) is 0 Å². The van der Waals surface area contributed by atoms with Gasteiger partial charge in [-0.25, -0.2) is 4.98 Å². The minimum atomic E-state index is 0. The zero-order valence-electron chi connectivity index (χ0n) is 15.5. The summed E-state index contributed by atoms with van der Waals surface area (Å²) >= 11 is 1.74. The van der Waals surface area contributed by atoms with Crippen molar-refractivity contribution in [3.05, 3.63) is 52.0 Å². The molecule has 0 aliphatic heterocycles. The molecule has 4 nitrogen and oxygen atoms in total. The lowest BCUT2D eigenvalue weighted by Crippen LogP contribution is -2.43. The Morgan fingerprint density at radius 1 is 1.20 bits per heavy atom. The molecule has 0 spiro atoms. The van der Waals surface area contributed by atoms with Gasteiger partial charge in [-0.2, -0.15) is 0 Å². The van der Waals surface area contributed by atoms with Gasteiger partial charge in [-0.05, 0) is 18.9 Å². The van der Waals surface area contributed by atoms with Crippen LogP contribution in [-0.4, -0.2) is 31.1 Å². The van der Waals surface area contributed by atoms with Crippen LogP contribution in [0.5, 0.6) is 0 Å². The maximum Gasteiger partial charge on any atom is 0.191 e. The standard InChI is InChI=1S/C19H28N4S.HI/c1-15-13-24-17(23-15)11-8-12-21-18(20-4)22-14-19(2,3)16-9-6-5-7-10-16;/h5-7,9-10,13H,8,11-12,14H2,1-4H3,(H2,20,21,22);1H. The molecule has 6 heteroatoms. The molecule has 0 atom stereocenters. The van der Waals surface area contributed by atoms with Gasteiger partial charge in [0.25, 0.3) is 0 Å². The Morgan fingerprint density at radius 2 is 1.92 bits per heavy atom. The molecule has 0 saturated heterocycles. The number of guanidine groups is 1. The zero-order valence-corrected chi connectivity index (χ0v) is 18.7. The molecule has 0 aliphatic carbocycles. The fourth-order valence-corrected chi connectivity index (χ4v) is 3.30. The third kappa shape index (κ3) is 7.32. The van der Waals surface area contributed by atoms with Crippen LogP contribution in [0.2, 0.25) is 0 Å². The first-order valence-corrected chi connectivity index (χ1v) is 9.30. The van der Waals surface area contributed by atoms with Crippen LogP contribution in [0.25, 0.3) is 0 Å². The van der Waals surface area contributed by atoms with E-state index < -0.39 is 0 Å². The predicted octanol–water partition coefficient (Wildman–Crippen LogP) is 4.14. The van der Waals surface area contributed by atoms with E-state index in [-0.39, 0.29) is 29.4 Å². The van der Waals surface area contributed by atoms with Gasteiger partial charge >= 0.3 is 0 Å². The summed E-state index contributed by atoms with van der Waals surface area (Å²) in [4.78, 5) is 8.81. The van der Waals surface area contributed by atoms with Crippen molar-refractivity contribution in [2.75, 3.05) is 20.1 Å². The van der Waals surface area contributed by atoms with Gasteiger partial charge in [-0.15, -0.1) is 35.3 Å². The fraction of sp³-hybridized carbons (Fsp3) is 0.474. The molecule has 0 fully saturated rings. The van der Waals surface area contributed by atoms with Gasteiger partial charge in [-0.3, -0.25) is 4.99 Å². The van der Waals surface area contributed by atoms with Gasteiger partial charge in [0.15, 0.2) is 5.96 Å². The molecule has 1 aromatic heterocycles. The van der Waals surface area contributed by atoms with Crippen molar-refractivity contribution >= 4 is 41.3 Å². The highest BCUT2D eigenvalue weighted by Gasteiger charge is 2.20. The zero-order chi connectivity index (χ0) is 17.4. The normalized spacial score (nSPS) is 11.8. The number of nitrogens with zero attached hydrogens (tertiary/aromatic N) is 2. The average Bonchev–Trinajstić information content (AvgIpc) is 3.00. The first-order chi connectivity index (χ1) is 11.5. The highest BCUT2D eigenvalue weighted by atomic mass is 127. The van der Waals surface area contributed by atoms with Crippen molar-refractivity contribution in [3.8, 4) is 0 Å². The minimum Gasteiger partial charge on any atom is -0.356 e. The molecule has 1 heterocycles. The lowest BCUT2D eigenvalue weighted by atomic mass is 9.85. The molecule has 0 aliphatic rings. The Kier molecular flexibility index (Phi) is 9.42. The van der Waals surface area contributed by atoms with Crippen molar-refractivity contribution in [2.45, 2.75) is 39.0 Å². The van der Waals surface area contributed by atoms with Crippen molar-refractivity contribution in [3.63, 3.8) is 0 Å². The molecule has 1 aromatic carbocycles. The predicted molar refractivity (Wildman–Crippen MR) is 119 cm³/mol. The summed E-state index contributed by atoms with van der Waals surface area (Å²) in [5.74, 6) is 0.856. The van der Waals surface area contributed by atoms with Crippen molar-refractivity contribution in [1.82, 2.24) is 15.6 Å². The van der Waals surface area contributed by atoms with Crippen LogP contribution in [0.15, 0.2) is 40.7 Å². The summed E-state index contributed by atoms with van der Waals surface area (Å²) in [6.45, 7) is 8.26. The smallest absolute Gasteiger partial charge is 0.191 e. The molecule has 0 saturated carbocycles. The van der Waals surface area contributed by atoms with Crippen LogP contribution >= 0.6 is 35.3 Å². The number of aromatic nitrogens is 1. The van der Waals surface area contributed by atoms with Crippen LogP contribution < -0.4 is 10.6 Å². The number of halogens is 1. The monoisotopic (exact) mass is 472 g/mol. The molecule has 2 rings (SSSR count). The van der Waals surface area contributed by atoms with Crippen LogP contribution in [0, 0.1) is 6.92 Å². The number of nitrogens with one attached hydrogen (secondary N) is 2. The van der Waals surface area contributed by atoms with E-state index >= 15 is 0 Å². The molecule has 2 aromatic rings. The van der Waals surface area contributed by atoms with Gasteiger partial charge in [0.2, 0.25) is 0 Å². The molecular formula is C19H29IN4S. The van der Waals surface area contributed by atoms with Crippen molar-refractivity contribution in [2.24, 2.45) is 4.99 Å². The number of hydrogen-bond donors (Lipinski definition) is 2. The highest BCUT2D eigenvalue weighted by Crippen LogP contribution is 2.21. The summed E-state index contributed by atoms with van der Waals surface area (Å²) in [7, 11) is 1.81. The van der Waals surface area contributed by atoms with Gasteiger partial charge in [-0.1, -0.05) is 44.2 Å². The molecule has 0 bridgehead atoms. The van der Waals surface area contributed by atoms with Gasteiger partial charge in [0.1, 0.15) is 0 Å². The fourth-order valence-electron chi connectivity index (χ4n) is 2.48. The van der Waals surface area contributed by atoms with E-state index in [9.17, 15) is 0 Å². The lowest BCUT2D eigenvalue weighted by molar-refractivity contribution is 0.508. The maximum absolute atomic E-state index is 4.49. The summed E-state index contributed by atoms with van der Waals surface area (Å²) in [5, 5.41) is 10.1. The quantitative estimate of drug-likeness (QED) is 0.276. The first kappa shape index (κ1) is 21.9. The summed E-state index contributed by atoms with van der Waals surface area (Å²) in [6.07, 6.45) is 2.06. The van der Waals surface area contributed by atoms with Crippen molar-refractivity contribution < 1.29 is 0 Å². The number of rotatable bonds is 7. The summed E-state index contributed by atoms with van der Waals surface area (Å²) in [5.41, 5.74) is 2.49. The van der Waals surface area contributed by atoms with Gasteiger partial charge in [0.05, 0.1) is 5.01 Å².